The lowest BCUT2D eigenvalue weighted by Crippen LogP contribution is -1.97. The highest BCUT2D eigenvalue weighted by Crippen LogP contribution is 2.31. The predicted octanol–water partition coefficient (Wildman–Crippen LogP) is 3.80. The molecule has 0 aromatic carbocycles. The Morgan fingerprint density at radius 1 is 1.24 bits per heavy atom. The minimum absolute atomic E-state index is 0.379. The molecule has 0 aliphatic carbocycles. The molecule has 2 rings (SSSR count). The molecule has 0 spiro atoms. The van der Waals surface area contributed by atoms with E-state index in [1.54, 1.807) is 12.4 Å². The van der Waals surface area contributed by atoms with E-state index >= 15 is 0 Å². The van der Waals surface area contributed by atoms with Crippen LogP contribution in [-0.2, 0) is 6.42 Å². The van der Waals surface area contributed by atoms with Crippen molar-refractivity contribution in [3.8, 4) is 11.3 Å². The van der Waals surface area contributed by atoms with Crippen molar-refractivity contribution < 1.29 is 0 Å². The quantitative estimate of drug-likeness (QED) is 0.849. The van der Waals surface area contributed by atoms with Crippen LogP contribution in [0.25, 0.3) is 11.3 Å². The smallest absolute Gasteiger partial charge is 0.156 e. The number of hydrogen-bond donors (Lipinski definition) is 0. The van der Waals surface area contributed by atoms with Gasteiger partial charge in [-0.2, -0.15) is 0 Å². The maximum atomic E-state index is 6.31. The summed E-state index contributed by atoms with van der Waals surface area (Å²) in [6.07, 6.45) is 5.16. The first-order valence-electron chi connectivity index (χ1n) is 5.35. The lowest BCUT2D eigenvalue weighted by molar-refractivity contribution is 0.895. The van der Waals surface area contributed by atoms with E-state index in [0.29, 0.717) is 15.9 Å². The first kappa shape index (κ1) is 12.3. The molecule has 0 saturated carbocycles. The van der Waals surface area contributed by atoms with E-state index in [2.05, 4.69) is 22.1 Å². The van der Waals surface area contributed by atoms with Crippen molar-refractivity contribution in [2.24, 2.45) is 0 Å². The van der Waals surface area contributed by atoms with Crippen molar-refractivity contribution in [3.63, 3.8) is 0 Å². The first-order chi connectivity index (χ1) is 8.24. The summed E-state index contributed by atoms with van der Waals surface area (Å²) in [6.45, 7) is 2.07. The molecule has 0 unspecified atom stereocenters. The number of nitrogens with zero attached hydrogens (tertiary/aromatic N) is 3. The van der Waals surface area contributed by atoms with E-state index in [0.717, 1.165) is 24.0 Å². The summed E-state index contributed by atoms with van der Waals surface area (Å²) in [5, 5.41) is 8.92. The van der Waals surface area contributed by atoms with Crippen LogP contribution in [0.1, 0.15) is 18.9 Å². The van der Waals surface area contributed by atoms with E-state index in [-0.39, 0.29) is 0 Å². The molecular formula is C12H11Cl2N3. The molecule has 0 atom stereocenters. The Labute approximate surface area is 110 Å². The van der Waals surface area contributed by atoms with Crippen molar-refractivity contribution >= 4 is 23.2 Å². The fourth-order valence-electron chi connectivity index (χ4n) is 1.58. The normalized spacial score (nSPS) is 10.5. The van der Waals surface area contributed by atoms with Gasteiger partial charge < -0.3 is 0 Å². The maximum absolute atomic E-state index is 6.31. The molecule has 0 radical (unpaired) electrons. The Kier molecular flexibility index (Phi) is 3.92. The molecule has 0 aliphatic rings. The van der Waals surface area contributed by atoms with Crippen LogP contribution in [0.2, 0.25) is 10.2 Å². The first-order valence-corrected chi connectivity index (χ1v) is 6.10. The van der Waals surface area contributed by atoms with Gasteiger partial charge in [0.2, 0.25) is 0 Å². The van der Waals surface area contributed by atoms with Crippen molar-refractivity contribution in [3.05, 3.63) is 40.3 Å². The van der Waals surface area contributed by atoms with Crippen LogP contribution in [0.15, 0.2) is 24.5 Å². The van der Waals surface area contributed by atoms with Crippen molar-refractivity contribution in [2.75, 3.05) is 0 Å². The van der Waals surface area contributed by atoms with E-state index in [4.69, 9.17) is 23.2 Å². The monoisotopic (exact) mass is 267 g/mol. The summed E-state index contributed by atoms with van der Waals surface area (Å²) in [4.78, 5) is 4.04. The van der Waals surface area contributed by atoms with Crippen LogP contribution < -0.4 is 0 Å². The number of rotatable bonds is 3. The summed E-state index contributed by atoms with van der Waals surface area (Å²) < 4.78 is 0. The van der Waals surface area contributed by atoms with Gasteiger partial charge in [0.1, 0.15) is 5.69 Å². The molecule has 0 aliphatic heterocycles. The van der Waals surface area contributed by atoms with Crippen LogP contribution in [-0.4, -0.2) is 15.2 Å². The van der Waals surface area contributed by atoms with Gasteiger partial charge in [0, 0.05) is 23.5 Å². The molecule has 0 N–H and O–H groups in total. The molecule has 0 amide bonds. The number of aromatic nitrogens is 3. The van der Waals surface area contributed by atoms with Gasteiger partial charge in [-0.05, 0) is 18.6 Å². The lowest BCUT2D eigenvalue weighted by Gasteiger charge is -2.08. The molecule has 0 bridgehead atoms. The van der Waals surface area contributed by atoms with Gasteiger partial charge in [-0.25, -0.2) is 0 Å². The van der Waals surface area contributed by atoms with Crippen LogP contribution in [0, 0.1) is 0 Å². The molecule has 5 heteroatoms. The second-order valence-electron chi connectivity index (χ2n) is 3.62. The van der Waals surface area contributed by atoms with Gasteiger partial charge in [-0.1, -0.05) is 36.5 Å². The fraction of sp³-hybridized carbons (Fsp3) is 0.250. The SMILES string of the molecule is CCCc1c(Cl)nnc(-c2cccnc2)c1Cl. The molecule has 2 heterocycles. The van der Waals surface area contributed by atoms with Crippen LogP contribution in [0.4, 0.5) is 0 Å². The van der Waals surface area contributed by atoms with Gasteiger partial charge in [0.25, 0.3) is 0 Å². The summed E-state index contributed by atoms with van der Waals surface area (Å²) >= 11 is 12.3. The van der Waals surface area contributed by atoms with E-state index in [9.17, 15) is 0 Å². The summed E-state index contributed by atoms with van der Waals surface area (Å²) in [5.74, 6) is 0. The average Bonchev–Trinajstić information content (AvgIpc) is 2.36. The van der Waals surface area contributed by atoms with Gasteiger partial charge in [-0.15, -0.1) is 10.2 Å². The summed E-state index contributed by atoms with van der Waals surface area (Å²) in [7, 11) is 0. The minimum atomic E-state index is 0.379. The Morgan fingerprint density at radius 2 is 2.06 bits per heavy atom. The fourth-order valence-corrected chi connectivity index (χ4v) is 2.19. The highest BCUT2D eigenvalue weighted by molar-refractivity contribution is 6.36. The molecule has 2 aromatic heterocycles. The third-order valence-corrected chi connectivity index (χ3v) is 3.11. The number of hydrogen-bond acceptors (Lipinski definition) is 3. The van der Waals surface area contributed by atoms with Crippen LogP contribution in [0.3, 0.4) is 0 Å². The Balaban J connectivity index is 2.53. The van der Waals surface area contributed by atoms with Gasteiger partial charge >= 0.3 is 0 Å². The molecule has 0 saturated heterocycles. The van der Waals surface area contributed by atoms with Gasteiger partial charge in [-0.3, -0.25) is 4.98 Å². The Hall–Kier alpha value is -1.19. The van der Waals surface area contributed by atoms with Crippen molar-refractivity contribution in [2.45, 2.75) is 19.8 Å². The molecule has 17 heavy (non-hydrogen) atoms. The zero-order valence-corrected chi connectivity index (χ0v) is 10.8. The Morgan fingerprint density at radius 3 is 2.71 bits per heavy atom. The van der Waals surface area contributed by atoms with Crippen molar-refractivity contribution in [1.29, 1.82) is 0 Å². The molecule has 88 valence electrons. The highest BCUT2D eigenvalue weighted by Gasteiger charge is 2.14. The second kappa shape index (κ2) is 5.43. The molecule has 2 aromatic rings. The largest absolute Gasteiger partial charge is 0.264 e. The van der Waals surface area contributed by atoms with E-state index in [1.807, 2.05) is 12.1 Å². The molecule has 3 nitrogen and oxygen atoms in total. The number of halogens is 2. The Bertz CT molecular complexity index is 515. The molecular weight excluding hydrogens is 257 g/mol. The third kappa shape index (κ3) is 2.56. The predicted molar refractivity (Wildman–Crippen MR) is 69.3 cm³/mol. The van der Waals surface area contributed by atoms with Crippen molar-refractivity contribution in [1.82, 2.24) is 15.2 Å². The zero-order valence-electron chi connectivity index (χ0n) is 9.32. The molecule has 0 fully saturated rings. The average molecular weight is 268 g/mol. The van der Waals surface area contributed by atoms with Gasteiger partial charge in [0.05, 0.1) is 5.02 Å². The minimum Gasteiger partial charge on any atom is -0.264 e. The maximum Gasteiger partial charge on any atom is 0.156 e. The van der Waals surface area contributed by atoms with Crippen LogP contribution >= 0.6 is 23.2 Å². The van der Waals surface area contributed by atoms with Gasteiger partial charge in [0.15, 0.2) is 5.15 Å². The summed E-state index contributed by atoms with van der Waals surface area (Å²) in [6, 6.07) is 3.73. The zero-order chi connectivity index (χ0) is 12.3. The summed E-state index contributed by atoms with van der Waals surface area (Å²) in [5.41, 5.74) is 2.33. The lowest BCUT2D eigenvalue weighted by atomic mass is 10.1. The highest BCUT2D eigenvalue weighted by atomic mass is 35.5. The number of pyridine rings is 1. The van der Waals surface area contributed by atoms with E-state index in [1.165, 1.54) is 0 Å². The topological polar surface area (TPSA) is 38.7 Å². The van der Waals surface area contributed by atoms with E-state index < -0.39 is 0 Å². The second-order valence-corrected chi connectivity index (χ2v) is 4.36. The standard InChI is InChI=1S/C12H11Cl2N3/c1-2-4-9-10(13)11(16-17-12(9)14)8-5-3-6-15-7-8/h3,5-7H,2,4H2,1H3. The van der Waals surface area contributed by atoms with Crippen LogP contribution in [0.5, 0.6) is 0 Å². The third-order valence-electron chi connectivity index (χ3n) is 2.39.